The van der Waals surface area contributed by atoms with Crippen LogP contribution in [0.4, 0.5) is 0 Å². The standard InChI is InChI=1S/C10H15NO/c1-7-4-8(2)10(12)5-9(7)6-11-3/h4-5,11-12H,6H2,1-3H3. The minimum atomic E-state index is 0.380. The Morgan fingerprint density at radius 2 is 1.92 bits per heavy atom. The van der Waals surface area contributed by atoms with Crippen LogP contribution in [0.1, 0.15) is 16.7 Å². The molecular weight excluding hydrogens is 150 g/mol. The van der Waals surface area contributed by atoms with E-state index in [1.165, 1.54) is 5.56 Å². The molecule has 1 aromatic carbocycles. The Kier molecular flexibility index (Phi) is 2.71. The van der Waals surface area contributed by atoms with Gasteiger partial charge in [-0.3, -0.25) is 0 Å². The van der Waals surface area contributed by atoms with E-state index < -0.39 is 0 Å². The number of aryl methyl sites for hydroxylation is 2. The second-order valence-electron chi connectivity index (χ2n) is 3.10. The van der Waals surface area contributed by atoms with Crippen LogP contribution in [0.2, 0.25) is 0 Å². The van der Waals surface area contributed by atoms with Gasteiger partial charge in [-0.15, -0.1) is 0 Å². The zero-order chi connectivity index (χ0) is 9.14. The third kappa shape index (κ3) is 1.77. The van der Waals surface area contributed by atoms with E-state index in [0.29, 0.717) is 5.75 Å². The second-order valence-corrected chi connectivity index (χ2v) is 3.10. The summed E-state index contributed by atoms with van der Waals surface area (Å²) in [7, 11) is 1.90. The monoisotopic (exact) mass is 165 g/mol. The number of benzene rings is 1. The highest BCUT2D eigenvalue weighted by Crippen LogP contribution is 2.20. The van der Waals surface area contributed by atoms with E-state index >= 15 is 0 Å². The van der Waals surface area contributed by atoms with Crippen LogP contribution >= 0.6 is 0 Å². The maximum absolute atomic E-state index is 9.42. The molecule has 0 spiro atoms. The molecule has 0 bridgehead atoms. The van der Waals surface area contributed by atoms with Gasteiger partial charge >= 0.3 is 0 Å². The number of hydrogen-bond acceptors (Lipinski definition) is 2. The molecule has 0 aliphatic rings. The molecule has 0 saturated heterocycles. The molecule has 2 N–H and O–H groups in total. The van der Waals surface area contributed by atoms with E-state index in [1.54, 1.807) is 0 Å². The molecule has 0 heterocycles. The summed E-state index contributed by atoms with van der Waals surface area (Å²) in [5.41, 5.74) is 3.31. The highest BCUT2D eigenvalue weighted by atomic mass is 16.3. The summed E-state index contributed by atoms with van der Waals surface area (Å²) in [5.74, 6) is 0.380. The lowest BCUT2D eigenvalue weighted by Gasteiger charge is -2.07. The molecule has 0 aliphatic carbocycles. The Bertz CT molecular complexity index is 281. The molecule has 2 nitrogen and oxygen atoms in total. The molecule has 0 amide bonds. The van der Waals surface area contributed by atoms with Crippen LogP contribution in [0, 0.1) is 13.8 Å². The van der Waals surface area contributed by atoms with Gasteiger partial charge in [0.05, 0.1) is 0 Å². The number of hydrogen-bond donors (Lipinski definition) is 2. The van der Waals surface area contributed by atoms with Crippen molar-refractivity contribution in [1.29, 1.82) is 0 Å². The van der Waals surface area contributed by atoms with Gasteiger partial charge in [-0.25, -0.2) is 0 Å². The zero-order valence-electron chi connectivity index (χ0n) is 7.81. The van der Waals surface area contributed by atoms with Crippen molar-refractivity contribution in [1.82, 2.24) is 5.32 Å². The summed E-state index contributed by atoms with van der Waals surface area (Å²) in [5, 5.41) is 12.5. The highest BCUT2D eigenvalue weighted by molar-refractivity contribution is 5.40. The smallest absolute Gasteiger partial charge is 0.118 e. The summed E-state index contributed by atoms with van der Waals surface area (Å²) in [4.78, 5) is 0. The topological polar surface area (TPSA) is 32.3 Å². The summed E-state index contributed by atoms with van der Waals surface area (Å²) in [6, 6.07) is 3.82. The first-order valence-electron chi connectivity index (χ1n) is 4.09. The molecule has 1 aromatic rings. The van der Waals surface area contributed by atoms with E-state index in [2.05, 4.69) is 12.2 Å². The van der Waals surface area contributed by atoms with Crippen molar-refractivity contribution in [2.45, 2.75) is 20.4 Å². The van der Waals surface area contributed by atoms with Crippen LogP contribution in [0.15, 0.2) is 12.1 Å². The second kappa shape index (κ2) is 3.59. The van der Waals surface area contributed by atoms with Crippen LogP contribution in [0.5, 0.6) is 5.75 Å². The summed E-state index contributed by atoms with van der Waals surface area (Å²) < 4.78 is 0. The lowest BCUT2D eigenvalue weighted by molar-refractivity contribution is 0.470. The molecule has 12 heavy (non-hydrogen) atoms. The van der Waals surface area contributed by atoms with E-state index in [-0.39, 0.29) is 0 Å². The molecular formula is C10H15NO. The molecule has 0 fully saturated rings. The Hall–Kier alpha value is -1.02. The maximum Gasteiger partial charge on any atom is 0.118 e. The fourth-order valence-electron chi connectivity index (χ4n) is 1.27. The molecule has 0 aliphatic heterocycles. The Morgan fingerprint density at radius 1 is 1.25 bits per heavy atom. The van der Waals surface area contributed by atoms with Crippen molar-refractivity contribution in [3.05, 3.63) is 28.8 Å². The Balaban J connectivity index is 3.05. The Morgan fingerprint density at radius 3 is 2.50 bits per heavy atom. The van der Waals surface area contributed by atoms with E-state index in [1.807, 2.05) is 26.1 Å². The number of rotatable bonds is 2. The molecule has 0 atom stereocenters. The van der Waals surface area contributed by atoms with Gasteiger partial charge < -0.3 is 10.4 Å². The number of nitrogens with one attached hydrogen (secondary N) is 1. The van der Waals surface area contributed by atoms with Crippen LogP contribution in [0.25, 0.3) is 0 Å². The van der Waals surface area contributed by atoms with Gasteiger partial charge in [-0.1, -0.05) is 6.07 Å². The van der Waals surface area contributed by atoms with Gasteiger partial charge in [-0.2, -0.15) is 0 Å². The molecule has 0 saturated carbocycles. The summed E-state index contributed by atoms with van der Waals surface area (Å²) >= 11 is 0. The molecule has 0 radical (unpaired) electrons. The lowest BCUT2D eigenvalue weighted by Crippen LogP contribution is -2.06. The van der Waals surface area contributed by atoms with Crippen molar-refractivity contribution in [3.8, 4) is 5.75 Å². The molecule has 0 aromatic heterocycles. The highest BCUT2D eigenvalue weighted by Gasteiger charge is 2.01. The lowest BCUT2D eigenvalue weighted by atomic mass is 10.0. The van der Waals surface area contributed by atoms with Gasteiger partial charge in [0.15, 0.2) is 0 Å². The summed E-state index contributed by atoms with van der Waals surface area (Å²) in [6.07, 6.45) is 0. The minimum Gasteiger partial charge on any atom is -0.508 e. The minimum absolute atomic E-state index is 0.380. The van der Waals surface area contributed by atoms with Crippen LogP contribution in [-0.4, -0.2) is 12.2 Å². The maximum atomic E-state index is 9.42. The SMILES string of the molecule is CNCc1cc(O)c(C)cc1C. The summed E-state index contributed by atoms with van der Waals surface area (Å²) in [6.45, 7) is 4.77. The van der Waals surface area contributed by atoms with Gasteiger partial charge in [0.1, 0.15) is 5.75 Å². The fraction of sp³-hybridized carbons (Fsp3) is 0.400. The first kappa shape index (κ1) is 9.07. The van der Waals surface area contributed by atoms with Gasteiger partial charge in [0, 0.05) is 6.54 Å². The molecule has 2 heteroatoms. The predicted octanol–water partition coefficient (Wildman–Crippen LogP) is 1.73. The third-order valence-corrected chi connectivity index (χ3v) is 2.02. The molecule has 1 rings (SSSR count). The molecule has 66 valence electrons. The zero-order valence-corrected chi connectivity index (χ0v) is 7.81. The average molecular weight is 165 g/mol. The normalized spacial score (nSPS) is 10.2. The van der Waals surface area contributed by atoms with Gasteiger partial charge in [0.25, 0.3) is 0 Å². The van der Waals surface area contributed by atoms with Crippen molar-refractivity contribution in [3.63, 3.8) is 0 Å². The van der Waals surface area contributed by atoms with Crippen LogP contribution in [-0.2, 0) is 6.54 Å². The largest absolute Gasteiger partial charge is 0.508 e. The Labute approximate surface area is 73.2 Å². The number of aromatic hydroxyl groups is 1. The van der Waals surface area contributed by atoms with Crippen LogP contribution in [0.3, 0.4) is 0 Å². The third-order valence-electron chi connectivity index (χ3n) is 2.02. The molecule has 0 unspecified atom stereocenters. The first-order valence-corrected chi connectivity index (χ1v) is 4.09. The van der Waals surface area contributed by atoms with Gasteiger partial charge in [-0.05, 0) is 43.7 Å². The number of phenols is 1. The quantitative estimate of drug-likeness (QED) is 0.699. The van der Waals surface area contributed by atoms with E-state index in [0.717, 1.165) is 17.7 Å². The van der Waals surface area contributed by atoms with Crippen molar-refractivity contribution in [2.75, 3.05) is 7.05 Å². The van der Waals surface area contributed by atoms with E-state index in [9.17, 15) is 5.11 Å². The van der Waals surface area contributed by atoms with Gasteiger partial charge in [0.2, 0.25) is 0 Å². The number of phenolic OH excluding ortho intramolecular Hbond substituents is 1. The van der Waals surface area contributed by atoms with E-state index in [4.69, 9.17) is 0 Å². The van der Waals surface area contributed by atoms with Crippen molar-refractivity contribution in [2.24, 2.45) is 0 Å². The first-order chi connectivity index (χ1) is 5.65. The average Bonchev–Trinajstić information content (AvgIpc) is 2.01. The van der Waals surface area contributed by atoms with Crippen molar-refractivity contribution < 1.29 is 5.11 Å². The van der Waals surface area contributed by atoms with Crippen molar-refractivity contribution >= 4 is 0 Å². The fourth-order valence-corrected chi connectivity index (χ4v) is 1.27. The predicted molar refractivity (Wildman–Crippen MR) is 50.3 cm³/mol. The van der Waals surface area contributed by atoms with Crippen LogP contribution < -0.4 is 5.32 Å².